The summed E-state index contributed by atoms with van der Waals surface area (Å²) in [6.45, 7) is 1.07. The van der Waals surface area contributed by atoms with Gasteiger partial charge in [-0.15, -0.1) is 0 Å². The Balaban J connectivity index is 1.87. The first-order valence-electron chi connectivity index (χ1n) is 7.11. The van der Waals surface area contributed by atoms with Crippen LogP contribution >= 0.6 is 0 Å². The van der Waals surface area contributed by atoms with Crippen molar-refractivity contribution >= 4 is 5.91 Å². The second-order valence-corrected chi connectivity index (χ2v) is 5.46. The van der Waals surface area contributed by atoms with Gasteiger partial charge in [-0.2, -0.15) is 0 Å². The average Bonchev–Trinajstić information content (AvgIpc) is 2.48. The average molecular weight is 277 g/mol. The Morgan fingerprint density at radius 3 is 2.90 bits per heavy atom. The number of carbonyl (C=O) groups is 1. The molecule has 0 radical (unpaired) electrons. The van der Waals surface area contributed by atoms with Crippen LogP contribution in [-0.4, -0.2) is 46.3 Å². The fraction of sp³-hybridized carbons (Fsp3) is 0.533. The van der Waals surface area contributed by atoms with Crippen LogP contribution in [-0.2, 0) is 4.74 Å². The van der Waals surface area contributed by atoms with Gasteiger partial charge in [-0.05, 0) is 31.0 Å². The quantitative estimate of drug-likeness (QED) is 0.769. The van der Waals surface area contributed by atoms with Gasteiger partial charge in [-0.3, -0.25) is 4.79 Å². The molecule has 0 aromatic heterocycles. The lowest BCUT2D eigenvalue weighted by Crippen LogP contribution is -2.54. The maximum Gasteiger partial charge on any atom is 0.258 e. The highest BCUT2D eigenvalue weighted by Gasteiger charge is 2.37. The molecule has 2 atom stereocenters. The Hall–Kier alpha value is -1.75. The van der Waals surface area contributed by atoms with Crippen molar-refractivity contribution in [3.63, 3.8) is 0 Å². The van der Waals surface area contributed by atoms with E-state index in [9.17, 15) is 15.0 Å². The first kappa shape index (κ1) is 13.2. The Kier molecular flexibility index (Phi) is 3.53. The van der Waals surface area contributed by atoms with E-state index in [4.69, 9.17) is 4.74 Å². The number of hydrogen-bond donors (Lipinski definition) is 2. The maximum atomic E-state index is 12.6. The predicted octanol–water partition coefficient (Wildman–Crippen LogP) is 1.88. The molecule has 108 valence electrons. The van der Waals surface area contributed by atoms with Crippen LogP contribution in [0.2, 0.25) is 0 Å². The molecule has 5 nitrogen and oxygen atoms in total. The third-order valence-electron chi connectivity index (χ3n) is 4.20. The van der Waals surface area contributed by atoms with E-state index < -0.39 is 0 Å². The minimum Gasteiger partial charge on any atom is -0.508 e. The standard InChI is InChI=1S/C15H19NO4/c17-10-5-6-13(18)11(9-10)15(19)16-7-8-20-14-4-2-1-3-12(14)16/h5-6,9,12,14,17-18H,1-4,7-8H2. The molecule has 20 heavy (non-hydrogen) atoms. The van der Waals surface area contributed by atoms with Gasteiger partial charge in [-0.25, -0.2) is 0 Å². The number of phenols is 2. The Morgan fingerprint density at radius 1 is 1.25 bits per heavy atom. The lowest BCUT2D eigenvalue weighted by molar-refractivity contribution is -0.0753. The van der Waals surface area contributed by atoms with E-state index in [1.165, 1.54) is 18.2 Å². The summed E-state index contributed by atoms with van der Waals surface area (Å²) in [5, 5.41) is 19.4. The SMILES string of the molecule is O=C(c1cc(O)ccc1O)N1CCOC2CCCCC21. The zero-order valence-electron chi connectivity index (χ0n) is 11.3. The van der Waals surface area contributed by atoms with Crippen LogP contribution in [0.3, 0.4) is 0 Å². The monoisotopic (exact) mass is 277 g/mol. The third-order valence-corrected chi connectivity index (χ3v) is 4.20. The number of rotatable bonds is 1. The summed E-state index contributed by atoms with van der Waals surface area (Å²) in [7, 11) is 0. The van der Waals surface area contributed by atoms with E-state index in [0.29, 0.717) is 13.2 Å². The summed E-state index contributed by atoms with van der Waals surface area (Å²) < 4.78 is 5.75. The summed E-state index contributed by atoms with van der Waals surface area (Å²) >= 11 is 0. The van der Waals surface area contributed by atoms with Crippen molar-refractivity contribution in [1.82, 2.24) is 4.90 Å². The van der Waals surface area contributed by atoms with Crippen molar-refractivity contribution < 1.29 is 19.7 Å². The van der Waals surface area contributed by atoms with Crippen LogP contribution in [0.25, 0.3) is 0 Å². The fourth-order valence-corrected chi connectivity index (χ4v) is 3.20. The molecule has 2 fully saturated rings. The molecule has 2 N–H and O–H groups in total. The van der Waals surface area contributed by atoms with Gasteiger partial charge in [-0.1, -0.05) is 12.8 Å². The molecular weight excluding hydrogens is 258 g/mol. The number of fused-ring (bicyclic) bond motifs is 1. The number of nitrogens with zero attached hydrogens (tertiary/aromatic N) is 1. The second-order valence-electron chi connectivity index (χ2n) is 5.46. The number of carbonyl (C=O) groups excluding carboxylic acids is 1. The van der Waals surface area contributed by atoms with E-state index in [1.54, 1.807) is 4.90 Å². The number of morpholine rings is 1. The number of amides is 1. The first-order valence-corrected chi connectivity index (χ1v) is 7.11. The van der Waals surface area contributed by atoms with Crippen LogP contribution in [0.15, 0.2) is 18.2 Å². The van der Waals surface area contributed by atoms with E-state index in [-0.39, 0.29) is 35.1 Å². The van der Waals surface area contributed by atoms with Gasteiger partial charge >= 0.3 is 0 Å². The zero-order valence-corrected chi connectivity index (χ0v) is 11.3. The summed E-state index contributed by atoms with van der Waals surface area (Å²) in [5.41, 5.74) is 0.163. The van der Waals surface area contributed by atoms with Crippen LogP contribution in [0, 0.1) is 0 Å². The molecule has 1 saturated carbocycles. The smallest absolute Gasteiger partial charge is 0.258 e. The summed E-state index contributed by atoms with van der Waals surface area (Å²) in [6, 6.07) is 4.13. The van der Waals surface area contributed by atoms with Crippen LogP contribution in [0.5, 0.6) is 11.5 Å². The molecule has 2 aliphatic rings. The Labute approximate surface area is 117 Å². The van der Waals surface area contributed by atoms with E-state index in [0.717, 1.165) is 25.7 Å². The largest absolute Gasteiger partial charge is 0.508 e. The summed E-state index contributed by atoms with van der Waals surface area (Å²) in [5.74, 6) is -0.329. The van der Waals surface area contributed by atoms with Gasteiger partial charge in [0.25, 0.3) is 5.91 Å². The van der Waals surface area contributed by atoms with Crippen LogP contribution in [0.1, 0.15) is 36.0 Å². The van der Waals surface area contributed by atoms with Crippen molar-refractivity contribution in [3.05, 3.63) is 23.8 Å². The topological polar surface area (TPSA) is 70.0 Å². The van der Waals surface area contributed by atoms with Gasteiger partial charge in [0.2, 0.25) is 0 Å². The predicted molar refractivity (Wildman–Crippen MR) is 72.8 cm³/mol. The summed E-state index contributed by atoms with van der Waals surface area (Å²) in [4.78, 5) is 14.4. The third kappa shape index (κ3) is 2.33. The number of aromatic hydroxyl groups is 2. The van der Waals surface area contributed by atoms with Crippen molar-refractivity contribution in [1.29, 1.82) is 0 Å². The molecule has 1 aliphatic heterocycles. The molecule has 1 aromatic carbocycles. The summed E-state index contributed by atoms with van der Waals surface area (Å²) in [6.07, 6.45) is 4.28. The Bertz CT molecular complexity index is 515. The van der Waals surface area contributed by atoms with E-state index in [2.05, 4.69) is 0 Å². The molecular formula is C15H19NO4. The highest BCUT2D eigenvalue weighted by molar-refractivity contribution is 5.97. The van der Waals surface area contributed by atoms with Crippen LogP contribution in [0.4, 0.5) is 0 Å². The minimum atomic E-state index is -0.224. The van der Waals surface area contributed by atoms with E-state index >= 15 is 0 Å². The molecule has 1 aliphatic carbocycles. The number of phenolic OH excluding ortho intramolecular Hbond substituents is 2. The van der Waals surface area contributed by atoms with Crippen molar-refractivity contribution in [3.8, 4) is 11.5 Å². The van der Waals surface area contributed by atoms with Gasteiger partial charge < -0.3 is 19.8 Å². The van der Waals surface area contributed by atoms with Gasteiger partial charge in [0.1, 0.15) is 11.5 Å². The van der Waals surface area contributed by atoms with Crippen molar-refractivity contribution in [2.75, 3.05) is 13.2 Å². The maximum absolute atomic E-state index is 12.6. The van der Waals surface area contributed by atoms with Crippen molar-refractivity contribution in [2.24, 2.45) is 0 Å². The number of hydrogen-bond acceptors (Lipinski definition) is 4. The highest BCUT2D eigenvalue weighted by atomic mass is 16.5. The van der Waals surface area contributed by atoms with Gasteiger partial charge in [0, 0.05) is 6.54 Å². The molecule has 1 heterocycles. The van der Waals surface area contributed by atoms with Gasteiger partial charge in [0.05, 0.1) is 24.3 Å². The molecule has 5 heteroatoms. The van der Waals surface area contributed by atoms with Crippen LogP contribution < -0.4 is 0 Å². The molecule has 0 bridgehead atoms. The van der Waals surface area contributed by atoms with Gasteiger partial charge in [0.15, 0.2) is 0 Å². The zero-order chi connectivity index (χ0) is 14.1. The highest BCUT2D eigenvalue weighted by Crippen LogP contribution is 2.31. The first-order chi connectivity index (χ1) is 9.66. The second kappa shape index (κ2) is 5.32. The lowest BCUT2D eigenvalue weighted by Gasteiger charge is -2.43. The molecule has 1 amide bonds. The van der Waals surface area contributed by atoms with Crippen molar-refractivity contribution in [2.45, 2.75) is 37.8 Å². The lowest BCUT2D eigenvalue weighted by atomic mass is 9.89. The molecule has 3 rings (SSSR count). The molecule has 1 saturated heterocycles. The minimum absolute atomic E-state index is 0.0143. The number of benzene rings is 1. The Morgan fingerprint density at radius 2 is 2.05 bits per heavy atom. The number of ether oxygens (including phenoxy) is 1. The molecule has 1 aromatic rings. The van der Waals surface area contributed by atoms with E-state index in [1.807, 2.05) is 0 Å². The fourth-order valence-electron chi connectivity index (χ4n) is 3.20. The normalized spacial score (nSPS) is 26.1. The molecule has 2 unspecified atom stereocenters. The molecule has 0 spiro atoms.